The monoisotopic (exact) mass is 280 g/mol. The van der Waals surface area contributed by atoms with Gasteiger partial charge in [0, 0.05) is 12.1 Å². The number of hydrogen-bond acceptors (Lipinski definition) is 4. The van der Waals surface area contributed by atoms with Gasteiger partial charge in [-0.3, -0.25) is 9.59 Å². The number of rotatable bonds is 8. The molecule has 0 unspecified atom stereocenters. The van der Waals surface area contributed by atoms with Gasteiger partial charge in [-0.15, -0.1) is 0 Å². The molecule has 1 atom stereocenters. The number of carboxylic acid groups (broad SMARTS) is 2. The number of carbonyl (C=O) groups excluding carboxylic acids is 1. The minimum absolute atomic E-state index is 0.0267. The van der Waals surface area contributed by atoms with Crippen molar-refractivity contribution in [3.8, 4) is 0 Å². The second-order valence-electron chi connectivity index (χ2n) is 4.31. The van der Waals surface area contributed by atoms with E-state index in [4.69, 9.17) is 15.9 Å². The summed E-state index contributed by atoms with van der Waals surface area (Å²) in [5, 5.41) is 20.4. The lowest BCUT2D eigenvalue weighted by Gasteiger charge is -2.15. The van der Waals surface area contributed by atoms with E-state index in [1.807, 2.05) is 0 Å². The van der Waals surface area contributed by atoms with E-state index in [0.717, 1.165) is 0 Å². The van der Waals surface area contributed by atoms with Crippen LogP contribution >= 0.6 is 0 Å². The SMILES string of the molecule is NC(=O)CC[C@H](Nc1ccc(CC(=O)O)cc1)C(=O)O. The maximum Gasteiger partial charge on any atom is 0.326 e. The van der Waals surface area contributed by atoms with Gasteiger partial charge in [0.25, 0.3) is 0 Å². The van der Waals surface area contributed by atoms with Gasteiger partial charge < -0.3 is 21.3 Å². The molecule has 20 heavy (non-hydrogen) atoms. The highest BCUT2D eigenvalue weighted by Gasteiger charge is 2.17. The first kappa shape index (κ1) is 15.5. The zero-order chi connectivity index (χ0) is 15.1. The number of nitrogens with one attached hydrogen (secondary N) is 1. The normalized spacial score (nSPS) is 11.6. The fraction of sp³-hybridized carbons (Fsp3) is 0.308. The highest BCUT2D eigenvalue weighted by molar-refractivity contribution is 5.79. The number of carboxylic acids is 2. The van der Waals surface area contributed by atoms with E-state index in [-0.39, 0.29) is 19.3 Å². The molecule has 0 aliphatic carbocycles. The van der Waals surface area contributed by atoms with Gasteiger partial charge in [-0.05, 0) is 24.1 Å². The number of primary amides is 1. The molecule has 0 aliphatic rings. The molecule has 108 valence electrons. The highest BCUT2D eigenvalue weighted by Crippen LogP contribution is 2.13. The molecule has 5 N–H and O–H groups in total. The molecule has 7 heteroatoms. The summed E-state index contributed by atoms with van der Waals surface area (Å²) < 4.78 is 0. The molecule has 0 aromatic heterocycles. The fourth-order valence-electron chi connectivity index (χ4n) is 1.64. The Kier molecular flexibility index (Phi) is 5.52. The highest BCUT2D eigenvalue weighted by atomic mass is 16.4. The second-order valence-corrected chi connectivity index (χ2v) is 4.31. The maximum atomic E-state index is 11.0. The first-order chi connectivity index (χ1) is 9.38. The molecule has 0 radical (unpaired) electrons. The third-order valence-corrected chi connectivity index (χ3v) is 2.63. The van der Waals surface area contributed by atoms with Gasteiger partial charge in [-0.25, -0.2) is 4.79 Å². The second kappa shape index (κ2) is 7.13. The molecule has 0 heterocycles. The third kappa shape index (κ3) is 5.38. The number of anilines is 1. The first-order valence-electron chi connectivity index (χ1n) is 5.97. The van der Waals surface area contributed by atoms with Crippen LogP contribution in [0.1, 0.15) is 18.4 Å². The summed E-state index contributed by atoms with van der Waals surface area (Å²) in [5.41, 5.74) is 6.14. The predicted molar refractivity (Wildman–Crippen MR) is 71.3 cm³/mol. The first-order valence-corrected chi connectivity index (χ1v) is 5.97. The quantitative estimate of drug-likeness (QED) is 0.547. The summed E-state index contributed by atoms with van der Waals surface area (Å²) in [6.07, 6.45) is -0.0348. The van der Waals surface area contributed by atoms with Crippen molar-refractivity contribution in [1.29, 1.82) is 0 Å². The third-order valence-electron chi connectivity index (χ3n) is 2.63. The van der Waals surface area contributed by atoms with Crippen LogP contribution in [0.2, 0.25) is 0 Å². The van der Waals surface area contributed by atoms with E-state index in [9.17, 15) is 14.4 Å². The summed E-state index contributed by atoms with van der Waals surface area (Å²) >= 11 is 0. The zero-order valence-electron chi connectivity index (χ0n) is 10.7. The Balaban J connectivity index is 2.66. The predicted octanol–water partition coefficient (Wildman–Crippen LogP) is 0.444. The zero-order valence-corrected chi connectivity index (χ0v) is 10.7. The van der Waals surface area contributed by atoms with Gasteiger partial charge in [0.2, 0.25) is 5.91 Å². The average Bonchev–Trinajstić information content (AvgIpc) is 2.35. The summed E-state index contributed by atoms with van der Waals surface area (Å²) in [6, 6.07) is 5.47. The van der Waals surface area contributed by atoms with Crippen molar-refractivity contribution in [2.24, 2.45) is 5.73 Å². The molecule has 7 nitrogen and oxygen atoms in total. The molecule has 0 saturated carbocycles. The van der Waals surface area contributed by atoms with Crippen molar-refractivity contribution in [2.45, 2.75) is 25.3 Å². The van der Waals surface area contributed by atoms with Crippen LogP contribution in [0.5, 0.6) is 0 Å². The molecule has 0 saturated heterocycles. The number of hydrogen-bond donors (Lipinski definition) is 4. The number of carbonyl (C=O) groups is 3. The fourth-order valence-corrected chi connectivity index (χ4v) is 1.64. The Morgan fingerprint density at radius 3 is 2.20 bits per heavy atom. The summed E-state index contributed by atoms with van der Waals surface area (Å²) in [7, 11) is 0. The molecule has 0 bridgehead atoms. The van der Waals surface area contributed by atoms with Crippen LogP contribution < -0.4 is 11.1 Å². The minimum atomic E-state index is -1.08. The molecular weight excluding hydrogens is 264 g/mol. The van der Waals surface area contributed by atoms with Crippen LogP contribution in [0.4, 0.5) is 5.69 Å². The Bertz CT molecular complexity index is 498. The van der Waals surface area contributed by atoms with Crippen molar-refractivity contribution < 1.29 is 24.6 Å². The standard InChI is InChI=1S/C13H16N2O5/c14-11(16)6-5-10(13(19)20)15-9-3-1-8(2-4-9)7-12(17)18/h1-4,10,15H,5-7H2,(H2,14,16)(H,17,18)(H,19,20)/t10-/m0/s1. The molecule has 0 spiro atoms. The van der Waals surface area contributed by atoms with Gasteiger partial charge in [0.05, 0.1) is 6.42 Å². The van der Waals surface area contributed by atoms with Crippen LogP contribution in [0.15, 0.2) is 24.3 Å². The van der Waals surface area contributed by atoms with Crippen molar-refractivity contribution in [3.63, 3.8) is 0 Å². The Morgan fingerprint density at radius 1 is 1.15 bits per heavy atom. The van der Waals surface area contributed by atoms with Crippen LogP contribution in [0, 0.1) is 0 Å². The summed E-state index contributed by atoms with van der Waals surface area (Å²) in [4.78, 5) is 32.2. The Morgan fingerprint density at radius 2 is 1.75 bits per heavy atom. The number of benzene rings is 1. The molecule has 1 amide bonds. The molecule has 1 rings (SSSR count). The molecule has 1 aromatic carbocycles. The number of aliphatic carboxylic acids is 2. The van der Waals surface area contributed by atoms with Gasteiger partial charge in [0.1, 0.15) is 6.04 Å². The van der Waals surface area contributed by atoms with Gasteiger partial charge >= 0.3 is 11.9 Å². The van der Waals surface area contributed by atoms with Crippen LogP contribution in [-0.2, 0) is 20.8 Å². The topological polar surface area (TPSA) is 130 Å². The van der Waals surface area contributed by atoms with E-state index in [0.29, 0.717) is 11.3 Å². The molecule has 0 fully saturated rings. The van der Waals surface area contributed by atoms with Crippen molar-refractivity contribution >= 4 is 23.5 Å². The largest absolute Gasteiger partial charge is 0.481 e. The lowest BCUT2D eigenvalue weighted by molar-refractivity contribution is -0.138. The van der Waals surface area contributed by atoms with Crippen molar-refractivity contribution in [1.82, 2.24) is 0 Å². The Labute approximate surface area is 115 Å². The number of nitrogens with two attached hydrogens (primary N) is 1. The smallest absolute Gasteiger partial charge is 0.326 e. The van der Waals surface area contributed by atoms with E-state index in [1.54, 1.807) is 24.3 Å². The van der Waals surface area contributed by atoms with Crippen LogP contribution in [-0.4, -0.2) is 34.1 Å². The Hall–Kier alpha value is -2.57. The molecule has 0 aliphatic heterocycles. The van der Waals surface area contributed by atoms with E-state index >= 15 is 0 Å². The molecule has 1 aromatic rings. The molecular formula is C13H16N2O5. The number of amides is 1. The lowest BCUT2D eigenvalue weighted by Crippen LogP contribution is -2.30. The van der Waals surface area contributed by atoms with E-state index in [2.05, 4.69) is 5.32 Å². The maximum absolute atomic E-state index is 11.0. The minimum Gasteiger partial charge on any atom is -0.481 e. The van der Waals surface area contributed by atoms with Crippen LogP contribution in [0.25, 0.3) is 0 Å². The van der Waals surface area contributed by atoms with Gasteiger partial charge in [-0.1, -0.05) is 12.1 Å². The lowest BCUT2D eigenvalue weighted by atomic mass is 10.1. The summed E-state index contributed by atoms with van der Waals surface area (Å²) in [5.74, 6) is -2.58. The van der Waals surface area contributed by atoms with E-state index < -0.39 is 23.9 Å². The average molecular weight is 280 g/mol. The van der Waals surface area contributed by atoms with Crippen LogP contribution in [0.3, 0.4) is 0 Å². The van der Waals surface area contributed by atoms with Crippen molar-refractivity contribution in [2.75, 3.05) is 5.32 Å². The van der Waals surface area contributed by atoms with Gasteiger partial charge in [0.15, 0.2) is 0 Å². The van der Waals surface area contributed by atoms with E-state index in [1.165, 1.54) is 0 Å². The summed E-state index contributed by atoms with van der Waals surface area (Å²) in [6.45, 7) is 0. The van der Waals surface area contributed by atoms with Crippen molar-refractivity contribution in [3.05, 3.63) is 29.8 Å². The van der Waals surface area contributed by atoms with Gasteiger partial charge in [-0.2, -0.15) is 0 Å².